The second-order valence-corrected chi connectivity index (χ2v) is 7.30. The zero-order chi connectivity index (χ0) is 19.9. The lowest BCUT2D eigenvalue weighted by Crippen LogP contribution is -2.53. The molecule has 1 heterocycles. The first-order chi connectivity index (χ1) is 13.6. The van der Waals surface area contributed by atoms with Crippen LogP contribution in [0.15, 0.2) is 60.7 Å². The van der Waals surface area contributed by atoms with Gasteiger partial charge in [-0.15, -0.1) is 0 Å². The standard InChI is InChI=1S/C23H29N3O2/c1-2-16-26(22(27)19-14-9-15-25-19)23(28)21(24)20(17-10-5-3-6-11-17)18-12-7-4-8-13-18/h3-8,10-13,19-21,25H,2,9,14-16,24H2,1H3/t19-,21+/m0/s1. The number of imide groups is 1. The summed E-state index contributed by atoms with van der Waals surface area (Å²) < 4.78 is 0. The molecule has 5 nitrogen and oxygen atoms in total. The highest BCUT2D eigenvalue weighted by Gasteiger charge is 2.36. The second kappa shape index (κ2) is 9.62. The Balaban J connectivity index is 1.90. The van der Waals surface area contributed by atoms with Crippen LogP contribution in [0.4, 0.5) is 0 Å². The summed E-state index contributed by atoms with van der Waals surface area (Å²) in [6, 6.07) is 18.5. The number of carbonyl (C=O) groups excluding carboxylic acids is 2. The Morgan fingerprint density at radius 1 is 1.07 bits per heavy atom. The van der Waals surface area contributed by atoms with Crippen LogP contribution in [0.25, 0.3) is 0 Å². The van der Waals surface area contributed by atoms with E-state index in [0.717, 1.165) is 30.5 Å². The normalized spacial score (nSPS) is 17.5. The van der Waals surface area contributed by atoms with Gasteiger partial charge in [-0.2, -0.15) is 0 Å². The fourth-order valence-electron chi connectivity index (χ4n) is 3.89. The van der Waals surface area contributed by atoms with Crippen molar-refractivity contribution in [1.29, 1.82) is 0 Å². The first-order valence-corrected chi connectivity index (χ1v) is 10.1. The van der Waals surface area contributed by atoms with E-state index in [0.29, 0.717) is 13.0 Å². The number of rotatable bonds is 7. The average Bonchev–Trinajstić information content (AvgIpc) is 3.28. The van der Waals surface area contributed by atoms with Crippen molar-refractivity contribution in [1.82, 2.24) is 10.2 Å². The van der Waals surface area contributed by atoms with Crippen molar-refractivity contribution >= 4 is 11.8 Å². The Morgan fingerprint density at radius 3 is 2.11 bits per heavy atom. The summed E-state index contributed by atoms with van der Waals surface area (Å²) >= 11 is 0. The quantitative estimate of drug-likeness (QED) is 0.776. The molecule has 3 rings (SSSR count). The van der Waals surface area contributed by atoms with Crippen LogP contribution < -0.4 is 11.1 Å². The summed E-state index contributed by atoms with van der Waals surface area (Å²) in [5.41, 5.74) is 8.47. The number of benzene rings is 2. The molecule has 0 bridgehead atoms. The zero-order valence-corrected chi connectivity index (χ0v) is 16.4. The largest absolute Gasteiger partial charge is 0.319 e. The minimum absolute atomic E-state index is 0.153. The summed E-state index contributed by atoms with van der Waals surface area (Å²) in [6.07, 6.45) is 2.42. The molecule has 0 aromatic heterocycles. The minimum Gasteiger partial charge on any atom is -0.319 e. The maximum Gasteiger partial charge on any atom is 0.247 e. The van der Waals surface area contributed by atoms with Crippen molar-refractivity contribution in [2.24, 2.45) is 5.73 Å². The molecule has 1 aliphatic heterocycles. The van der Waals surface area contributed by atoms with Crippen LogP contribution in [-0.4, -0.2) is 41.9 Å². The van der Waals surface area contributed by atoms with E-state index in [1.54, 1.807) is 0 Å². The lowest BCUT2D eigenvalue weighted by molar-refractivity contribution is -0.147. The van der Waals surface area contributed by atoms with E-state index in [4.69, 9.17) is 5.73 Å². The Kier molecular flexibility index (Phi) is 6.95. The van der Waals surface area contributed by atoms with E-state index in [9.17, 15) is 9.59 Å². The van der Waals surface area contributed by atoms with Gasteiger partial charge in [0.25, 0.3) is 0 Å². The summed E-state index contributed by atoms with van der Waals surface area (Å²) in [4.78, 5) is 27.7. The van der Waals surface area contributed by atoms with Crippen LogP contribution in [0, 0.1) is 0 Å². The Labute approximate surface area is 166 Å². The van der Waals surface area contributed by atoms with Crippen LogP contribution >= 0.6 is 0 Å². The highest BCUT2D eigenvalue weighted by Crippen LogP contribution is 2.28. The molecule has 1 aliphatic rings. The predicted octanol–water partition coefficient (Wildman–Crippen LogP) is 2.66. The van der Waals surface area contributed by atoms with Crippen LogP contribution in [0.2, 0.25) is 0 Å². The smallest absolute Gasteiger partial charge is 0.247 e. The molecule has 5 heteroatoms. The van der Waals surface area contributed by atoms with Crippen LogP contribution in [0.5, 0.6) is 0 Å². The average molecular weight is 380 g/mol. The van der Waals surface area contributed by atoms with Crippen molar-refractivity contribution in [3.63, 3.8) is 0 Å². The van der Waals surface area contributed by atoms with E-state index in [1.165, 1.54) is 4.90 Å². The van der Waals surface area contributed by atoms with Crippen molar-refractivity contribution in [2.45, 2.75) is 44.2 Å². The van der Waals surface area contributed by atoms with Gasteiger partial charge in [-0.05, 0) is 36.9 Å². The van der Waals surface area contributed by atoms with E-state index < -0.39 is 6.04 Å². The third-order valence-corrected chi connectivity index (χ3v) is 5.30. The van der Waals surface area contributed by atoms with E-state index >= 15 is 0 Å². The number of carbonyl (C=O) groups is 2. The second-order valence-electron chi connectivity index (χ2n) is 7.30. The zero-order valence-electron chi connectivity index (χ0n) is 16.4. The molecule has 0 spiro atoms. The molecule has 2 aromatic rings. The fraction of sp³-hybridized carbons (Fsp3) is 0.391. The van der Waals surface area contributed by atoms with Gasteiger partial charge >= 0.3 is 0 Å². The van der Waals surface area contributed by atoms with Crippen molar-refractivity contribution < 1.29 is 9.59 Å². The highest BCUT2D eigenvalue weighted by molar-refractivity contribution is 6.00. The van der Waals surface area contributed by atoms with E-state index in [2.05, 4.69) is 5.32 Å². The molecule has 2 amide bonds. The molecular formula is C23H29N3O2. The van der Waals surface area contributed by atoms with E-state index in [1.807, 2.05) is 67.6 Å². The molecule has 0 aliphatic carbocycles. The fourth-order valence-corrected chi connectivity index (χ4v) is 3.89. The number of nitrogens with two attached hydrogens (primary N) is 1. The lowest BCUT2D eigenvalue weighted by Gasteiger charge is -2.30. The van der Waals surface area contributed by atoms with Gasteiger partial charge in [0.05, 0.1) is 12.1 Å². The molecule has 148 valence electrons. The number of nitrogens with zero attached hydrogens (tertiary/aromatic N) is 1. The molecule has 0 saturated carbocycles. The van der Waals surface area contributed by atoms with Gasteiger partial charge in [0.1, 0.15) is 0 Å². The predicted molar refractivity (Wildman–Crippen MR) is 111 cm³/mol. The molecule has 0 radical (unpaired) electrons. The van der Waals surface area contributed by atoms with Crippen LogP contribution in [-0.2, 0) is 9.59 Å². The van der Waals surface area contributed by atoms with Gasteiger partial charge in [0.2, 0.25) is 11.8 Å². The number of hydrogen-bond acceptors (Lipinski definition) is 4. The van der Waals surface area contributed by atoms with Gasteiger partial charge in [-0.1, -0.05) is 67.6 Å². The van der Waals surface area contributed by atoms with Crippen molar-refractivity contribution in [2.75, 3.05) is 13.1 Å². The Morgan fingerprint density at radius 2 is 1.64 bits per heavy atom. The SMILES string of the molecule is CCCN(C(=O)[C@@H]1CCCN1)C(=O)[C@H](N)C(c1ccccc1)c1ccccc1. The van der Waals surface area contributed by atoms with E-state index in [-0.39, 0.29) is 23.8 Å². The molecule has 3 N–H and O–H groups in total. The monoisotopic (exact) mass is 379 g/mol. The Hall–Kier alpha value is -2.50. The molecule has 2 aromatic carbocycles. The molecular weight excluding hydrogens is 350 g/mol. The van der Waals surface area contributed by atoms with Gasteiger partial charge in [0.15, 0.2) is 0 Å². The summed E-state index contributed by atoms with van der Waals surface area (Å²) in [7, 11) is 0. The van der Waals surface area contributed by atoms with Crippen molar-refractivity contribution in [3.05, 3.63) is 71.8 Å². The third-order valence-electron chi connectivity index (χ3n) is 5.30. The topological polar surface area (TPSA) is 75.4 Å². The first kappa shape index (κ1) is 20.2. The summed E-state index contributed by atoms with van der Waals surface area (Å²) in [5, 5.41) is 3.20. The van der Waals surface area contributed by atoms with Crippen LogP contribution in [0.3, 0.4) is 0 Å². The maximum absolute atomic E-state index is 13.4. The lowest BCUT2D eigenvalue weighted by atomic mass is 9.84. The molecule has 1 saturated heterocycles. The number of amides is 2. The third kappa shape index (κ3) is 4.49. The Bertz CT molecular complexity index is 733. The maximum atomic E-state index is 13.4. The molecule has 2 atom stereocenters. The molecule has 1 fully saturated rings. The summed E-state index contributed by atoms with van der Waals surface area (Å²) in [6.45, 7) is 3.17. The van der Waals surface area contributed by atoms with Crippen molar-refractivity contribution in [3.8, 4) is 0 Å². The highest BCUT2D eigenvalue weighted by atomic mass is 16.2. The number of nitrogens with one attached hydrogen (secondary N) is 1. The molecule has 0 unspecified atom stereocenters. The van der Waals surface area contributed by atoms with Gasteiger partial charge in [-0.25, -0.2) is 0 Å². The summed E-state index contributed by atoms with van der Waals surface area (Å²) in [5.74, 6) is -0.767. The van der Waals surface area contributed by atoms with Crippen LogP contribution in [0.1, 0.15) is 43.2 Å². The molecule has 28 heavy (non-hydrogen) atoms. The number of hydrogen-bond donors (Lipinski definition) is 2. The van der Waals surface area contributed by atoms with Gasteiger partial charge < -0.3 is 11.1 Å². The van der Waals surface area contributed by atoms with Gasteiger partial charge in [-0.3, -0.25) is 14.5 Å². The minimum atomic E-state index is -0.832. The first-order valence-electron chi connectivity index (χ1n) is 10.1. The van der Waals surface area contributed by atoms with Gasteiger partial charge in [0, 0.05) is 12.5 Å².